The normalized spacial score (nSPS) is 16.7. The van der Waals surface area contributed by atoms with Gasteiger partial charge in [0.25, 0.3) is 5.91 Å². The Bertz CT molecular complexity index is 609. The summed E-state index contributed by atoms with van der Waals surface area (Å²) >= 11 is 0. The molecular weight excluding hydrogens is 306 g/mol. The van der Waals surface area contributed by atoms with Crippen LogP contribution in [-0.4, -0.2) is 41.8 Å². The topological polar surface area (TPSA) is 78.5 Å². The van der Waals surface area contributed by atoms with Crippen molar-refractivity contribution >= 4 is 23.4 Å². The van der Waals surface area contributed by atoms with Gasteiger partial charge < -0.3 is 15.5 Å². The molecule has 1 atom stereocenters. The van der Waals surface area contributed by atoms with Crippen LogP contribution in [0.3, 0.4) is 0 Å². The minimum Gasteiger partial charge on any atom is -0.343 e. The van der Waals surface area contributed by atoms with Gasteiger partial charge in [-0.1, -0.05) is 26.0 Å². The van der Waals surface area contributed by atoms with E-state index >= 15 is 0 Å². The van der Waals surface area contributed by atoms with Gasteiger partial charge in [-0.2, -0.15) is 0 Å². The van der Waals surface area contributed by atoms with E-state index in [-0.39, 0.29) is 24.1 Å². The van der Waals surface area contributed by atoms with Crippen LogP contribution >= 0.6 is 0 Å². The number of nitrogens with one attached hydrogen (secondary N) is 2. The zero-order valence-corrected chi connectivity index (χ0v) is 14.3. The number of hydrogen-bond donors (Lipinski definition) is 2. The molecule has 0 fully saturated rings. The third-order valence-corrected chi connectivity index (χ3v) is 4.04. The van der Waals surface area contributed by atoms with Gasteiger partial charge in [0.15, 0.2) is 0 Å². The predicted molar refractivity (Wildman–Crippen MR) is 92.7 cm³/mol. The summed E-state index contributed by atoms with van der Waals surface area (Å²) in [4.78, 5) is 38.7. The van der Waals surface area contributed by atoms with E-state index in [1.54, 1.807) is 24.3 Å². The summed E-state index contributed by atoms with van der Waals surface area (Å²) in [5.74, 6) is -0.540. The van der Waals surface area contributed by atoms with Gasteiger partial charge in [0.2, 0.25) is 11.8 Å². The van der Waals surface area contributed by atoms with Crippen molar-refractivity contribution in [2.24, 2.45) is 0 Å². The van der Waals surface area contributed by atoms with Crippen LogP contribution < -0.4 is 10.6 Å². The summed E-state index contributed by atoms with van der Waals surface area (Å²) < 4.78 is 0. The van der Waals surface area contributed by atoms with Crippen LogP contribution in [0.25, 0.3) is 0 Å². The molecule has 1 heterocycles. The fraction of sp³-hybridized carbons (Fsp3) is 0.500. The number of para-hydroxylation sites is 1. The van der Waals surface area contributed by atoms with Gasteiger partial charge in [-0.15, -0.1) is 0 Å². The third kappa shape index (κ3) is 4.34. The average molecular weight is 331 g/mol. The maximum absolute atomic E-state index is 12.3. The summed E-state index contributed by atoms with van der Waals surface area (Å²) in [5, 5.41) is 5.48. The van der Waals surface area contributed by atoms with Crippen LogP contribution in [0.2, 0.25) is 0 Å². The summed E-state index contributed by atoms with van der Waals surface area (Å²) in [6.45, 7) is 5.51. The zero-order valence-electron chi connectivity index (χ0n) is 14.3. The Hall–Kier alpha value is -2.37. The van der Waals surface area contributed by atoms with Gasteiger partial charge in [0.1, 0.15) is 6.04 Å². The highest BCUT2D eigenvalue weighted by Gasteiger charge is 2.28. The molecule has 0 saturated carbocycles. The first-order valence-electron chi connectivity index (χ1n) is 8.55. The Morgan fingerprint density at radius 2 is 1.79 bits per heavy atom. The van der Waals surface area contributed by atoms with Gasteiger partial charge in [0.05, 0.1) is 11.3 Å². The van der Waals surface area contributed by atoms with Gasteiger partial charge >= 0.3 is 0 Å². The second-order valence-corrected chi connectivity index (χ2v) is 5.98. The van der Waals surface area contributed by atoms with E-state index in [0.29, 0.717) is 17.7 Å². The molecule has 0 aliphatic carbocycles. The fourth-order valence-corrected chi connectivity index (χ4v) is 2.84. The fourth-order valence-electron chi connectivity index (χ4n) is 2.84. The Morgan fingerprint density at radius 1 is 1.12 bits per heavy atom. The molecule has 2 N–H and O–H groups in total. The predicted octanol–water partition coefficient (Wildman–Crippen LogP) is 2.17. The summed E-state index contributed by atoms with van der Waals surface area (Å²) in [5.41, 5.74) is 0.950. The molecule has 1 unspecified atom stereocenters. The van der Waals surface area contributed by atoms with Crippen LogP contribution in [0, 0.1) is 0 Å². The van der Waals surface area contributed by atoms with Crippen LogP contribution in [0.5, 0.6) is 0 Å². The van der Waals surface area contributed by atoms with Gasteiger partial charge in [-0.05, 0) is 31.4 Å². The molecule has 6 heteroatoms. The monoisotopic (exact) mass is 331 g/mol. The van der Waals surface area contributed by atoms with Crippen LogP contribution in [0.1, 0.15) is 49.9 Å². The minimum atomic E-state index is -0.695. The molecule has 0 spiro atoms. The second kappa shape index (κ2) is 8.47. The number of nitrogens with zero attached hydrogens (tertiary/aromatic N) is 1. The number of hydrogen-bond acceptors (Lipinski definition) is 3. The van der Waals surface area contributed by atoms with Crippen molar-refractivity contribution in [1.82, 2.24) is 10.2 Å². The lowest BCUT2D eigenvalue weighted by atomic mass is 10.1. The van der Waals surface area contributed by atoms with Crippen LogP contribution in [0.15, 0.2) is 24.3 Å². The summed E-state index contributed by atoms with van der Waals surface area (Å²) in [6.07, 6.45) is 2.35. The molecule has 130 valence electrons. The van der Waals surface area contributed by atoms with Crippen LogP contribution in [0.4, 0.5) is 5.69 Å². The summed E-state index contributed by atoms with van der Waals surface area (Å²) in [6, 6.07) is 6.19. The molecule has 1 aromatic carbocycles. The van der Waals surface area contributed by atoms with Gasteiger partial charge in [0, 0.05) is 19.5 Å². The first kappa shape index (κ1) is 18.0. The van der Waals surface area contributed by atoms with Crippen molar-refractivity contribution in [2.45, 2.75) is 45.6 Å². The van der Waals surface area contributed by atoms with E-state index in [1.165, 1.54) is 0 Å². The molecule has 1 aliphatic heterocycles. The Labute approximate surface area is 142 Å². The number of carbonyl (C=O) groups excluding carboxylic acids is 3. The molecule has 1 aromatic rings. The number of rotatable bonds is 7. The highest BCUT2D eigenvalue weighted by atomic mass is 16.2. The maximum Gasteiger partial charge on any atom is 0.254 e. The molecule has 0 bridgehead atoms. The molecule has 0 saturated heterocycles. The highest BCUT2D eigenvalue weighted by Crippen LogP contribution is 2.19. The molecule has 0 radical (unpaired) electrons. The van der Waals surface area contributed by atoms with Crippen molar-refractivity contribution in [3.8, 4) is 0 Å². The van der Waals surface area contributed by atoms with E-state index in [4.69, 9.17) is 0 Å². The smallest absolute Gasteiger partial charge is 0.254 e. The van der Waals surface area contributed by atoms with Gasteiger partial charge in [-0.3, -0.25) is 14.4 Å². The van der Waals surface area contributed by atoms with Crippen LogP contribution in [-0.2, 0) is 9.59 Å². The summed E-state index contributed by atoms with van der Waals surface area (Å²) in [7, 11) is 0. The average Bonchev–Trinajstić information content (AvgIpc) is 2.69. The number of benzene rings is 1. The van der Waals surface area contributed by atoms with Crippen molar-refractivity contribution in [2.75, 3.05) is 18.4 Å². The van der Waals surface area contributed by atoms with Crippen molar-refractivity contribution in [3.63, 3.8) is 0 Å². The molecule has 2 rings (SSSR count). The van der Waals surface area contributed by atoms with E-state index in [1.807, 2.05) is 18.7 Å². The molecule has 6 nitrogen and oxygen atoms in total. The Morgan fingerprint density at radius 3 is 2.46 bits per heavy atom. The Balaban J connectivity index is 1.99. The van der Waals surface area contributed by atoms with E-state index < -0.39 is 6.04 Å². The maximum atomic E-state index is 12.3. The third-order valence-electron chi connectivity index (χ3n) is 4.04. The molecule has 1 aliphatic rings. The molecule has 3 amide bonds. The highest BCUT2D eigenvalue weighted by molar-refractivity contribution is 6.09. The molecular formula is C18H25N3O3. The number of fused-ring (bicyclic) bond motifs is 1. The quantitative estimate of drug-likeness (QED) is 0.804. The zero-order chi connectivity index (χ0) is 17.5. The molecule has 0 aromatic heterocycles. The van der Waals surface area contributed by atoms with Crippen molar-refractivity contribution in [1.29, 1.82) is 0 Å². The first-order valence-corrected chi connectivity index (χ1v) is 8.55. The van der Waals surface area contributed by atoms with E-state index in [9.17, 15) is 14.4 Å². The van der Waals surface area contributed by atoms with Crippen molar-refractivity contribution < 1.29 is 14.4 Å². The largest absolute Gasteiger partial charge is 0.343 e. The first-order chi connectivity index (χ1) is 11.6. The minimum absolute atomic E-state index is 0.0301. The van der Waals surface area contributed by atoms with Gasteiger partial charge in [-0.25, -0.2) is 0 Å². The SMILES string of the molecule is CCCN(CCC)C(=O)CCC1NC(=O)c2ccccc2NC1=O. The second-order valence-electron chi connectivity index (χ2n) is 5.98. The lowest BCUT2D eigenvalue weighted by Crippen LogP contribution is -2.42. The van der Waals surface area contributed by atoms with Crippen molar-refractivity contribution in [3.05, 3.63) is 29.8 Å². The standard InChI is InChI=1S/C18H25N3O3/c1-3-11-21(12-4-2)16(22)10-9-15-18(24)19-14-8-6-5-7-13(14)17(23)20-15/h5-8,15H,3-4,9-12H2,1-2H3,(H,19,24)(H,20,23). The molecule has 24 heavy (non-hydrogen) atoms. The lowest BCUT2D eigenvalue weighted by molar-refractivity contribution is -0.131. The number of anilines is 1. The van der Waals surface area contributed by atoms with E-state index in [0.717, 1.165) is 25.9 Å². The lowest BCUT2D eigenvalue weighted by Gasteiger charge is -2.22. The number of amides is 3. The van der Waals surface area contributed by atoms with E-state index in [2.05, 4.69) is 10.6 Å². The Kier molecular flexibility index (Phi) is 6.35. The number of carbonyl (C=O) groups is 3.